The molecule has 2 atom stereocenters. The number of amides is 2. The number of esters is 1. The Morgan fingerprint density at radius 2 is 1.62 bits per heavy atom. The summed E-state index contributed by atoms with van der Waals surface area (Å²) in [7, 11) is 0. The maximum Gasteiger partial charge on any atom is 0.328 e. The van der Waals surface area contributed by atoms with Crippen LogP contribution in [0.15, 0.2) is 0 Å². The number of ether oxygens (including phenoxy) is 1. The molecule has 7 heteroatoms. The lowest BCUT2D eigenvalue weighted by Crippen LogP contribution is -2.56. The SMILES string of the molecule is CC(C)[C@](C)(C#N)NC(=O)COC(=O)[C@H](C)NC(=O)C12CC3CC(CC(C3)C1)C2. The van der Waals surface area contributed by atoms with Gasteiger partial charge in [0.2, 0.25) is 5.91 Å². The van der Waals surface area contributed by atoms with Crippen molar-refractivity contribution in [3.63, 3.8) is 0 Å². The molecule has 7 nitrogen and oxygen atoms in total. The Hall–Kier alpha value is -2.10. The van der Waals surface area contributed by atoms with Gasteiger partial charge in [-0.1, -0.05) is 13.8 Å². The van der Waals surface area contributed by atoms with Gasteiger partial charge in [0.25, 0.3) is 5.91 Å². The van der Waals surface area contributed by atoms with Crippen molar-refractivity contribution in [3.8, 4) is 6.07 Å². The van der Waals surface area contributed by atoms with Gasteiger partial charge in [-0.2, -0.15) is 5.26 Å². The Morgan fingerprint density at radius 3 is 2.07 bits per heavy atom. The normalized spacial score (nSPS) is 32.8. The highest BCUT2D eigenvalue weighted by Gasteiger charge is 2.54. The molecule has 160 valence electrons. The number of carbonyl (C=O) groups excluding carboxylic acids is 3. The first-order valence-electron chi connectivity index (χ1n) is 10.8. The number of carbonyl (C=O) groups is 3. The summed E-state index contributed by atoms with van der Waals surface area (Å²) in [5.41, 5.74) is -1.35. The number of nitrogens with zero attached hydrogens (tertiary/aromatic N) is 1. The van der Waals surface area contributed by atoms with Crippen molar-refractivity contribution >= 4 is 17.8 Å². The smallest absolute Gasteiger partial charge is 0.328 e. The van der Waals surface area contributed by atoms with Crippen LogP contribution in [0.5, 0.6) is 0 Å². The summed E-state index contributed by atoms with van der Waals surface area (Å²) in [6.45, 7) is 6.41. The fourth-order valence-corrected chi connectivity index (χ4v) is 5.69. The first-order valence-corrected chi connectivity index (χ1v) is 10.8. The lowest BCUT2D eigenvalue weighted by Gasteiger charge is -2.55. The van der Waals surface area contributed by atoms with E-state index in [4.69, 9.17) is 4.74 Å². The van der Waals surface area contributed by atoms with Crippen molar-refractivity contribution in [1.82, 2.24) is 10.6 Å². The highest BCUT2D eigenvalue weighted by Crippen LogP contribution is 2.60. The second kappa shape index (κ2) is 7.97. The molecule has 0 heterocycles. The Bertz CT molecular complexity index is 691. The molecule has 0 aromatic rings. The van der Waals surface area contributed by atoms with Crippen molar-refractivity contribution in [1.29, 1.82) is 5.26 Å². The first-order chi connectivity index (χ1) is 13.6. The van der Waals surface area contributed by atoms with Gasteiger partial charge in [0.15, 0.2) is 6.61 Å². The van der Waals surface area contributed by atoms with Crippen molar-refractivity contribution in [2.24, 2.45) is 29.1 Å². The Kier molecular flexibility index (Phi) is 5.93. The molecule has 0 aromatic heterocycles. The van der Waals surface area contributed by atoms with Crippen LogP contribution in [0.1, 0.15) is 66.2 Å². The molecule has 2 amide bonds. The summed E-state index contributed by atoms with van der Waals surface area (Å²) in [5.74, 6) is 0.639. The van der Waals surface area contributed by atoms with Gasteiger partial charge >= 0.3 is 5.97 Å². The monoisotopic (exact) mass is 403 g/mol. The fourth-order valence-electron chi connectivity index (χ4n) is 5.69. The van der Waals surface area contributed by atoms with Crippen LogP contribution in [0.2, 0.25) is 0 Å². The van der Waals surface area contributed by atoms with E-state index in [-0.39, 0.29) is 17.2 Å². The van der Waals surface area contributed by atoms with E-state index in [1.54, 1.807) is 13.8 Å². The lowest BCUT2D eigenvalue weighted by atomic mass is 9.49. The van der Waals surface area contributed by atoms with Gasteiger partial charge in [0.1, 0.15) is 11.6 Å². The van der Waals surface area contributed by atoms with Crippen LogP contribution >= 0.6 is 0 Å². The Labute approximate surface area is 172 Å². The van der Waals surface area contributed by atoms with Crippen LogP contribution in [-0.4, -0.2) is 36.0 Å². The van der Waals surface area contributed by atoms with E-state index < -0.39 is 30.1 Å². The van der Waals surface area contributed by atoms with Crippen LogP contribution < -0.4 is 10.6 Å². The summed E-state index contributed by atoms with van der Waals surface area (Å²) in [4.78, 5) is 37.4. The second-order valence-corrected chi connectivity index (χ2v) is 10.0. The van der Waals surface area contributed by atoms with Gasteiger partial charge < -0.3 is 15.4 Å². The van der Waals surface area contributed by atoms with Gasteiger partial charge in [0, 0.05) is 5.41 Å². The predicted molar refractivity (Wildman–Crippen MR) is 106 cm³/mol. The molecule has 0 radical (unpaired) electrons. The minimum atomic E-state index is -1.03. The van der Waals surface area contributed by atoms with E-state index in [1.165, 1.54) is 19.3 Å². The molecule has 2 N–H and O–H groups in total. The maximum atomic E-state index is 13.0. The zero-order valence-electron chi connectivity index (χ0n) is 17.9. The highest BCUT2D eigenvalue weighted by atomic mass is 16.5. The van der Waals surface area contributed by atoms with Gasteiger partial charge in [-0.05, 0) is 76.0 Å². The molecule has 0 aromatic carbocycles. The van der Waals surface area contributed by atoms with Gasteiger partial charge in [0.05, 0.1) is 6.07 Å². The van der Waals surface area contributed by atoms with E-state index in [2.05, 4.69) is 16.7 Å². The molecule has 0 saturated heterocycles. The van der Waals surface area contributed by atoms with Gasteiger partial charge in [-0.3, -0.25) is 9.59 Å². The summed E-state index contributed by atoms with van der Waals surface area (Å²) >= 11 is 0. The number of hydrogen-bond donors (Lipinski definition) is 2. The molecule has 4 saturated carbocycles. The predicted octanol–water partition coefficient (Wildman–Crippen LogP) is 2.31. The lowest BCUT2D eigenvalue weighted by molar-refractivity contribution is -0.155. The summed E-state index contributed by atoms with van der Waals surface area (Å²) in [6.07, 6.45) is 6.52. The fraction of sp³-hybridized carbons (Fsp3) is 0.818. The molecular weight excluding hydrogens is 370 g/mol. The van der Waals surface area contributed by atoms with Gasteiger partial charge in [-0.15, -0.1) is 0 Å². The molecule has 0 aliphatic heterocycles. The van der Waals surface area contributed by atoms with Crippen LogP contribution in [0, 0.1) is 40.4 Å². The second-order valence-electron chi connectivity index (χ2n) is 10.0. The molecule has 29 heavy (non-hydrogen) atoms. The minimum absolute atomic E-state index is 0.0395. The number of nitrogens with one attached hydrogen (secondary N) is 2. The number of hydrogen-bond acceptors (Lipinski definition) is 5. The van der Waals surface area contributed by atoms with Crippen LogP contribution in [0.25, 0.3) is 0 Å². The molecular formula is C22H33N3O4. The van der Waals surface area contributed by atoms with E-state index in [0.717, 1.165) is 19.3 Å². The van der Waals surface area contributed by atoms with Crippen LogP contribution in [-0.2, 0) is 19.1 Å². The Balaban J connectivity index is 1.49. The number of rotatable bonds is 7. The molecule has 4 fully saturated rings. The highest BCUT2D eigenvalue weighted by molar-refractivity contribution is 5.89. The van der Waals surface area contributed by atoms with E-state index in [0.29, 0.717) is 17.8 Å². The van der Waals surface area contributed by atoms with Crippen molar-refractivity contribution in [2.45, 2.75) is 77.8 Å². The molecule has 4 aliphatic carbocycles. The third-order valence-electron chi connectivity index (χ3n) is 7.35. The van der Waals surface area contributed by atoms with E-state index >= 15 is 0 Å². The number of nitriles is 1. The van der Waals surface area contributed by atoms with E-state index in [9.17, 15) is 19.6 Å². The average molecular weight is 404 g/mol. The summed E-state index contributed by atoms with van der Waals surface area (Å²) in [6, 6.07) is 1.27. The zero-order chi connectivity index (χ0) is 21.4. The molecule has 0 unspecified atom stereocenters. The third-order valence-corrected chi connectivity index (χ3v) is 7.35. The van der Waals surface area contributed by atoms with Crippen LogP contribution in [0.3, 0.4) is 0 Å². The topological polar surface area (TPSA) is 108 Å². The van der Waals surface area contributed by atoms with Crippen molar-refractivity contribution < 1.29 is 19.1 Å². The summed E-state index contributed by atoms with van der Waals surface area (Å²) in [5, 5.41) is 14.7. The minimum Gasteiger partial charge on any atom is -0.454 e. The van der Waals surface area contributed by atoms with Crippen molar-refractivity contribution in [2.75, 3.05) is 6.61 Å². The first kappa shape index (κ1) is 21.6. The van der Waals surface area contributed by atoms with E-state index in [1.807, 2.05) is 13.8 Å². The van der Waals surface area contributed by atoms with Gasteiger partial charge in [-0.25, -0.2) is 4.79 Å². The maximum absolute atomic E-state index is 13.0. The summed E-state index contributed by atoms with van der Waals surface area (Å²) < 4.78 is 5.08. The quantitative estimate of drug-likeness (QED) is 0.634. The molecule has 4 rings (SSSR count). The molecule has 4 aliphatic rings. The largest absolute Gasteiger partial charge is 0.454 e. The Morgan fingerprint density at radius 1 is 1.10 bits per heavy atom. The zero-order valence-corrected chi connectivity index (χ0v) is 17.9. The van der Waals surface area contributed by atoms with Crippen molar-refractivity contribution in [3.05, 3.63) is 0 Å². The standard InChI is InChI=1S/C22H33N3O4/c1-13(2)21(4,12-23)25-18(26)11-29-19(27)14(3)24-20(28)22-8-15-5-16(9-22)7-17(6-15)10-22/h13-17H,5-11H2,1-4H3,(H,24,28)(H,25,26)/t14-,15?,16?,17?,21-,22?/m0/s1. The third kappa shape index (κ3) is 4.41. The molecule has 4 bridgehead atoms. The molecule has 0 spiro atoms. The van der Waals surface area contributed by atoms with Crippen LogP contribution in [0.4, 0.5) is 0 Å². The average Bonchev–Trinajstić information content (AvgIpc) is 2.64.